The van der Waals surface area contributed by atoms with Crippen LogP contribution in [0.15, 0.2) is 0 Å². The molecule has 0 rings (SSSR count). The number of carboxylic acids is 1. The van der Waals surface area contributed by atoms with E-state index in [9.17, 15) is 19.2 Å². The van der Waals surface area contributed by atoms with E-state index in [1.165, 1.54) is 13.8 Å². The molecule has 5 N–H and O–H groups in total. The zero-order valence-corrected chi connectivity index (χ0v) is 9.57. The number of aliphatic carboxylic acids is 1. The lowest BCUT2D eigenvalue weighted by Crippen LogP contribution is -2.56. The summed E-state index contributed by atoms with van der Waals surface area (Å²) >= 11 is 0. The number of carboxylic acid groups (broad SMARTS) is 1. The van der Waals surface area contributed by atoms with Crippen molar-refractivity contribution in [3.05, 3.63) is 0 Å². The summed E-state index contributed by atoms with van der Waals surface area (Å²) in [7, 11) is 0. The number of hydrogen-bond acceptors (Lipinski definition) is 4. The van der Waals surface area contributed by atoms with Gasteiger partial charge in [-0.25, -0.2) is 4.79 Å². The fourth-order valence-corrected chi connectivity index (χ4v) is 0.786. The highest BCUT2D eigenvalue weighted by Crippen LogP contribution is 1.99. The Bertz CT molecular complexity index is 351. The third-order valence-electron chi connectivity index (χ3n) is 1.86. The van der Waals surface area contributed by atoms with Gasteiger partial charge in [0.15, 0.2) is 0 Å². The van der Waals surface area contributed by atoms with Gasteiger partial charge in [0.05, 0.1) is 6.42 Å². The second-order valence-electron chi connectivity index (χ2n) is 3.89. The first-order chi connectivity index (χ1) is 7.65. The SMILES string of the molecule is CC(C)(NC(=O)NC(=O)CCC(=O)O)C(N)=O. The Morgan fingerprint density at radius 2 is 1.71 bits per heavy atom. The number of hydrogen-bond donors (Lipinski definition) is 4. The van der Waals surface area contributed by atoms with E-state index < -0.39 is 29.4 Å². The van der Waals surface area contributed by atoms with Crippen LogP contribution >= 0.6 is 0 Å². The zero-order valence-electron chi connectivity index (χ0n) is 9.57. The van der Waals surface area contributed by atoms with Gasteiger partial charge in [-0.1, -0.05) is 0 Å². The molecule has 96 valence electrons. The van der Waals surface area contributed by atoms with Gasteiger partial charge in [-0.3, -0.25) is 19.7 Å². The van der Waals surface area contributed by atoms with Crippen LogP contribution in [0.3, 0.4) is 0 Å². The van der Waals surface area contributed by atoms with Crippen molar-refractivity contribution in [2.75, 3.05) is 0 Å². The average Bonchev–Trinajstić information content (AvgIpc) is 2.13. The third-order valence-corrected chi connectivity index (χ3v) is 1.86. The quantitative estimate of drug-likeness (QED) is 0.489. The van der Waals surface area contributed by atoms with E-state index in [1.54, 1.807) is 0 Å². The lowest BCUT2D eigenvalue weighted by atomic mass is 10.1. The van der Waals surface area contributed by atoms with Gasteiger partial charge >= 0.3 is 12.0 Å². The fraction of sp³-hybridized carbons (Fsp3) is 0.556. The Balaban J connectivity index is 4.15. The maximum absolute atomic E-state index is 11.2. The molecule has 8 nitrogen and oxygen atoms in total. The van der Waals surface area contributed by atoms with Gasteiger partial charge < -0.3 is 16.2 Å². The van der Waals surface area contributed by atoms with Crippen LogP contribution in [0.4, 0.5) is 4.79 Å². The summed E-state index contributed by atoms with van der Waals surface area (Å²) in [5.74, 6) is -2.64. The van der Waals surface area contributed by atoms with Crippen molar-refractivity contribution in [2.45, 2.75) is 32.2 Å². The Hall–Kier alpha value is -2.12. The Morgan fingerprint density at radius 3 is 2.12 bits per heavy atom. The summed E-state index contributed by atoms with van der Waals surface area (Å²) in [5.41, 5.74) is 3.71. The van der Waals surface area contributed by atoms with Crippen LogP contribution in [-0.2, 0) is 14.4 Å². The average molecular weight is 245 g/mol. The van der Waals surface area contributed by atoms with Gasteiger partial charge in [0, 0.05) is 6.42 Å². The largest absolute Gasteiger partial charge is 0.481 e. The molecule has 0 aliphatic heterocycles. The van der Waals surface area contributed by atoms with E-state index in [1.807, 2.05) is 5.32 Å². The topological polar surface area (TPSA) is 139 Å². The highest BCUT2D eigenvalue weighted by molar-refractivity contribution is 5.97. The van der Waals surface area contributed by atoms with Gasteiger partial charge in [-0.2, -0.15) is 0 Å². The molecule has 0 bridgehead atoms. The van der Waals surface area contributed by atoms with Crippen LogP contribution < -0.4 is 16.4 Å². The van der Waals surface area contributed by atoms with E-state index in [0.29, 0.717) is 0 Å². The predicted molar refractivity (Wildman–Crippen MR) is 56.8 cm³/mol. The standard InChI is InChI=1S/C9H15N3O5/c1-9(2,7(10)16)12-8(17)11-5(13)3-4-6(14)15/h3-4H2,1-2H3,(H2,10,16)(H,14,15)(H2,11,12,13,17). The minimum Gasteiger partial charge on any atom is -0.481 e. The first-order valence-corrected chi connectivity index (χ1v) is 4.79. The predicted octanol–water partition coefficient (Wildman–Crippen LogP) is -1.06. The van der Waals surface area contributed by atoms with Crippen molar-refractivity contribution in [3.8, 4) is 0 Å². The summed E-state index contributed by atoms with van der Waals surface area (Å²) < 4.78 is 0. The molecule has 0 aliphatic rings. The van der Waals surface area contributed by atoms with E-state index >= 15 is 0 Å². The lowest BCUT2D eigenvalue weighted by molar-refractivity contribution is -0.138. The molecule has 0 atom stereocenters. The number of carbonyl (C=O) groups excluding carboxylic acids is 3. The number of imide groups is 1. The van der Waals surface area contributed by atoms with Crippen LogP contribution in [-0.4, -0.2) is 34.5 Å². The molecule has 0 saturated heterocycles. The van der Waals surface area contributed by atoms with Crippen molar-refractivity contribution < 1.29 is 24.3 Å². The van der Waals surface area contributed by atoms with Crippen LogP contribution in [0, 0.1) is 0 Å². The second kappa shape index (κ2) is 5.83. The van der Waals surface area contributed by atoms with Crippen molar-refractivity contribution >= 4 is 23.8 Å². The van der Waals surface area contributed by atoms with E-state index in [2.05, 4.69) is 5.32 Å². The number of nitrogens with two attached hydrogens (primary N) is 1. The third kappa shape index (κ3) is 6.13. The molecule has 0 aromatic rings. The van der Waals surface area contributed by atoms with Crippen molar-refractivity contribution in [2.24, 2.45) is 5.73 Å². The summed E-state index contributed by atoms with van der Waals surface area (Å²) in [6, 6.07) is -0.899. The molecule has 0 aliphatic carbocycles. The summed E-state index contributed by atoms with van der Waals surface area (Å²) in [6.07, 6.45) is -0.696. The molecule has 17 heavy (non-hydrogen) atoms. The molecular weight excluding hydrogens is 230 g/mol. The minimum absolute atomic E-state index is 0.320. The molecule has 0 heterocycles. The molecule has 4 amide bonds. The maximum atomic E-state index is 11.2. The molecule has 0 aromatic heterocycles. The van der Waals surface area contributed by atoms with Crippen molar-refractivity contribution in [3.63, 3.8) is 0 Å². The molecule has 0 saturated carbocycles. The summed E-state index contributed by atoms with van der Waals surface area (Å²) in [5, 5.41) is 12.4. The van der Waals surface area contributed by atoms with Crippen LogP contribution in [0.2, 0.25) is 0 Å². The second-order valence-corrected chi connectivity index (χ2v) is 3.89. The summed E-state index contributed by atoms with van der Waals surface area (Å²) in [4.78, 5) is 43.3. The molecule has 0 aromatic carbocycles. The number of rotatable bonds is 5. The number of urea groups is 1. The fourth-order valence-electron chi connectivity index (χ4n) is 0.786. The van der Waals surface area contributed by atoms with Gasteiger partial charge in [-0.15, -0.1) is 0 Å². The molecule has 0 fully saturated rings. The summed E-state index contributed by atoms with van der Waals surface area (Å²) in [6.45, 7) is 2.74. The highest BCUT2D eigenvalue weighted by Gasteiger charge is 2.27. The van der Waals surface area contributed by atoms with Crippen LogP contribution in [0.5, 0.6) is 0 Å². The first kappa shape index (κ1) is 14.9. The molecule has 0 spiro atoms. The van der Waals surface area contributed by atoms with Crippen LogP contribution in [0.1, 0.15) is 26.7 Å². The van der Waals surface area contributed by atoms with Gasteiger partial charge in [0.1, 0.15) is 5.54 Å². The van der Waals surface area contributed by atoms with Crippen molar-refractivity contribution in [1.29, 1.82) is 0 Å². The number of nitrogens with one attached hydrogen (secondary N) is 2. The van der Waals surface area contributed by atoms with Gasteiger partial charge in [0.25, 0.3) is 0 Å². The lowest BCUT2D eigenvalue weighted by Gasteiger charge is -2.21. The highest BCUT2D eigenvalue weighted by atomic mass is 16.4. The van der Waals surface area contributed by atoms with E-state index in [4.69, 9.17) is 10.8 Å². The Kier molecular flexibility index (Phi) is 5.10. The molecular formula is C9H15N3O5. The zero-order chi connectivity index (χ0) is 13.6. The normalized spacial score (nSPS) is 10.5. The van der Waals surface area contributed by atoms with E-state index in [0.717, 1.165) is 0 Å². The molecule has 0 unspecified atom stereocenters. The van der Waals surface area contributed by atoms with Gasteiger partial charge in [-0.05, 0) is 13.8 Å². The van der Waals surface area contributed by atoms with Crippen LogP contribution in [0.25, 0.3) is 0 Å². The number of amides is 4. The smallest absolute Gasteiger partial charge is 0.322 e. The maximum Gasteiger partial charge on any atom is 0.322 e. The first-order valence-electron chi connectivity index (χ1n) is 4.79. The monoisotopic (exact) mass is 245 g/mol. The van der Waals surface area contributed by atoms with Crippen molar-refractivity contribution in [1.82, 2.24) is 10.6 Å². The Labute approximate surface area is 97.5 Å². The minimum atomic E-state index is -1.29. The number of carbonyl (C=O) groups is 4. The van der Waals surface area contributed by atoms with E-state index in [-0.39, 0.29) is 12.8 Å². The van der Waals surface area contributed by atoms with Gasteiger partial charge in [0.2, 0.25) is 11.8 Å². The Morgan fingerprint density at radius 1 is 1.18 bits per heavy atom. The number of primary amides is 1. The molecule has 8 heteroatoms. The molecule has 0 radical (unpaired) electrons.